The fourth-order valence-corrected chi connectivity index (χ4v) is 8.30. The lowest BCUT2D eigenvalue weighted by molar-refractivity contribution is -0.129. The van der Waals surface area contributed by atoms with Gasteiger partial charge in [0.1, 0.15) is 5.78 Å². The zero-order valence-electron chi connectivity index (χ0n) is 20.9. The van der Waals surface area contributed by atoms with Crippen molar-refractivity contribution in [2.45, 2.75) is 64.7 Å². The summed E-state index contributed by atoms with van der Waals surface area (Å²) in [6.07, 6.45) is 7.67. The zero-order chi connectivity index (χ0) is 25.8. The number of fused-ring (bicyclic) bond motifs is 5. The maximum Gasteiger partial charge on any atom is 0.306 e. The Balaban J connectivity index is 1.36. The topological polar surface area (TPSA) is 128 Å². The number of Topliss-reactive ketones (excluding diaryl/α,β-unsaturated/α-hetero) is 1. The van der Waals surface area contributed by atoms with E-state index in [9.17, 15) is 18.0 Å². The Morgan fingerprint density at radius 1 is 1.33 bits per heavy atom. The minimum Gasteiger partial charge on any atom is -0.395 e. The molecule has 3 aliphatic rings. The van der Waals surface area contributed by atoms with Gasteiger partial charge in [0.25, 0.3) is 0 Å². The van der Waals surface area contributed by atoms with Crippen LogP contribution in [0.5, 0.6) is 5.75 Å². The van der Waals surface area contributed by atoms with Crippen LogP contribution in [0.1, 0.15) is 67.4 Å². The van der Waals surface area contributed by atoms with Crippen molar-refractivity contribution in [3.8, 4) is 5.75 Å². The van der Waals surface area contributed by atoms with E-state index in [0.717, 1.165) is 47.9 Å². The molecule has 1 amide bonds. The highest BCUT2D eigenvalue weighted by Crippen LogP contribution is 2.62. The van der Waals surface area contributed by atoms with Crippen LogP contribution in [-0.2, 0) is 26.1 Å². The lowest BCUT2D eigenvalue weighted by Crippen LogP contribution is -2.44. The second-order valence-electron chi connectivity index (χ2n) is 10.9. The Labute approximate surface area is 216 Å². The number of aryl methyl sites for hydroxylation is 1. The first-order valence-corrected chi connectivity index (χ1v) is 15.2. The van der Waals surface area contributed by atoms with Crippen LogP contribution in [0.3, 0.4) is 0 Å². The highest BCUT2D eigenvalue weighted by Gasteiger charge is 2.58. The summed E-state index contributed by atoms with van der Waals surface area (Å²) < 4.78 is 28.4. The Morgan fingerprint density at radius 2 is 2.11 bits per heavy atom. The van der Waals surface area contributed by atoms with Crippen molar-refractivity contribution in [1.82, 2.24) is 4.98 Å². The van der Waals surface area contributed by atoms with E-state index in [2.05, 4.69) is 17.2 Å². The first kappa shape index (κ1) is 25.2. The van der Waals surface area contributed by atoms with Crippen LogP contribution in [-0.4, -0.2) is 31.3 Å². The van der Waals surface area contributed by atoms with Gasteiger partial charge < -0.3 is 15.2 Å². The normalized spacial score (nSPS) is 29.2. The molecule has 0 bridgehead atoms. The minimum atomic E-state index is -3.67. The summed E-state index contributed by atoms with van der Waals surface area (Å²) in [6.45, 7) is 4.08. The number of nitrogens with one attached hydrogen (secondary N) is 1. The maximum atomic E-state index is 13.2. The number of nitrogens with two attached hydrogens (primary N) is 1. The molecule has 1 aromatic carbocycles. The Kier molecular flexibility index (Phi) is 6.39. The molecule has 2 saturated carbocycles. The molecule has 1 heterocycles. The van der Waals surface area contributed by atoms with E-state index in [1.165, 1.54) is 11.3 Å². The first-order valence-electron chi connectivity index (χ1n) is 12.5. The number of thiazole rings is 1. The largest absolute Gasteiger partial charge is 0.395 e. The lowest BCUT2D eigenvalue weighted by Gasteiger charge is -2.50. The molecule has 0 spiro atoms. The quantitative estimate of drug-likeness (QED) is 0.416. The molecular weight excluding hydrogens is 498 g/mol. The third kappa shape index (κ3) is 4.53. The standard InChI is InChI=1S/C26H33N3O5S2/c1-14-13-28-25(35-14)29-22(31)9-4-15-12-21(30)26(2)11-10-17-16-7-8-20(34-36(3,32)33)24(27)19(16)6-5-18(17)23(15)26/h7-8,13,15,17-18,23H,4-6,9-12,27H2,1-3H3,(H,28,29,31). The predicted molar refractivity (Wildman–Crippen MR) is 140 cm³/mol. The highest BCUT2D eigenvalue weighted by molar-refractivity contribution is 7.86. The summed E-state index contributed by atoms with van der Waals surface area (Å²) in [5.41, 5.74) is 8.55. The number of nitrogen functional groups attached to an aromatic ring is 1. The van der Waals surface area contributed by atoms with Crippen molar-refractivity contribution in [1.29, 1.82) is 0 Å². The number of carbonyl (C=O) groups excluding carboxylic acids is 2. The summed E-state index contributed by atoms with van der Waals surface area (Å²) in [4.78, 5) is 31.1. The number of hydrogen-bond acceptors (Lipinski definition) is 8. The molecule has 2 aromatic rings. The third-order valence-electron chi connectivity index (χ3n) is 8.61. The number of ketones is 1. The number of rotatable bonds is 6. The predicted octanol–water partition coefficient (Wildman–Crippen LogP) is 4.44. The molecule has 36 heavy (non-hydrogen) atoms. The van der Waals surface area contributed by atoms with E-state index in [1.54, 1.807) is 12.3 Å². The van der Waals surface area contributed by atoms with Gasteiger partial charge in [-0.25, -0.2) is 4.98 Å². The molecule has 0 aliphatic heterocycles. The number of benzene rings is 1. The van der Waals surface area contributed by atoms with Gasteiger partial charge >= 0.3 is 10.1 Å². The van der Waals surface area contributed by atoms with Crippen LogP contribution in [0.2, 0.25) is 0 Å². The van der Waals surface area contributed by atoms with Crippen molar-refractivity contribution < 1.29 is 22.2 Å². The Hall–Kier alpha value is -2.46. The van der Waals surface area contributed by atoms with Gasteiger partial charge in [-0.2, -0.15) is 8.42 Å². The second-order valence-corrected chi connectivity index (χ2v) is 13.7. The molecule has 5 atom stereocenters. The van der Waals surface area contributed by atoms with E-state index in [-0.39, 0.29) is 34.8 Å². The summed E-state index contributed by atoms with van der Waals surface area (Å²) in [5.74, 6) is 1.45. The van der Waals surface area contributed by atoms with E-state index >= 15 is 0 Å². The molecular formula is C26H33N3O5S2. The average Bonchev–Trinajstić information content (AvgIpc) is 3.32. The molecule has 1 aromatic heterocycles. The van der Waals surface area contributed by atoms with Gasteiger partial charge in [0.05, 0.1) is 11.9 Å². The van der Waals surface area contributed by atoms with E-state index in [4.69, 9.17) is 9.92 Å². The summed E-state index contributed by atoms with van der Waals surface area (Å²) in [7, 11) is -3.67. The molecule has 8 nitrogen and oxygen atoms in total. The van der Waals surface area contributed by atoms with Gasteiger partial charge in [-0.15, -0.1) is 11.3 Å². The van der Waals surface area contributed by atoms with Gasteiger partial charge in [0.15, 0.2) is 10.9 Å². The lowest BCUT2D eigenvalue weighted by atomic mass is 9.54. The molecule has 5 unspecified atom stereocenters. The van der Waals surface area contributed by atoms with Crippen molar-refractivity contribution in [2.24, 2.45) is 23.2 Å². The molecule has 3 aliphatic carbocycles. The van der Waals surface area contributed by atoms with Gasteiger partial charge in [-0.3, -0.25) is 9.59 Å². The SMILES string of the molecule is Cc1cnc(NC(=O)CCC2CC(=O)C3(C)CCC4c5ccc(OS(C)(=O)=O)c(N)c5CCC4C23)s1. The van der Waals surface area contributed by atoms with Crippen molar-refractivity contribution in [2.75, 3.05) is 17.3 Å². The third-order valence-corrected chi connectivity index (χ3v) is 9.92. The van der Waals surface area contributed by atoms with Crippen molar-refractivity contribution in [3.05, 3.63) is 34.3 Å². The molecule has 0 radical (unpaired) electrons. The molecule has 3 N–H and O–H groups in total. The number of nitrogens with zero attached hydrogens (tertiary/aromatic N) is 1. The fourth-order valence-electron chi connectivity index (χ4n) is 7.14. The second kappa shape index (κ2) is 9.13. The first-order chi connectivity index (χ1) is 17.0. The van der Waals surface area contributed by atoms with E-state index < -0.39 is 10.1 Å². The van der Waals surface area contributed by atoms with Crippen LogP contribution in [0, 0.1) is 30.1 Å². The van der Waals surface area contributed by atoms with E-state index in [1.807, 2.05) is 13.0 Å². The van der Waals surface area contributed by atoms with Gasteiger partial charge in [0, 0.05) is 29.3 Å². The summed E-state index contributed by atoms with van der Waals surface area (Å²) in [5, 5.41) is 3.51. The minimum absolute atomic E-state index is 0.0575. The number of hydrogen-bond donors (Lipinski definition) is 2. The molecule has 0 saturated heterocycles. The van der Waals surface area contributed by atoms with Crippen molar-refractivity contribution >= 4 is 44.0 Å². The number of carbonyl (C=O) groups is 2. The van der Waals surface area contributed by atoms with Gasteiger partial charge in [-0.05, 0) is 79.9 Å². The van der Waals surface area contributed by atoms with E-state index in [0.29, 0.717) is 41.8 Å². The number of aromatic nitrogens is 1. The Morgan fingerprint density at radius 3 is 2.81 bits per heavy atom. The molecule has 194 valence electrons. The van der Waals surface area contributed by atoms with Crippen LogP contribution in [0.4, 0.5) is 10.8 Å². The molecule has 2 fully saturated rings. The van der Waals surface area contributed by atoms with Gasteiger partial charge in [-0.1, -0.05) is 13.0 Å². The molecule has 5 rings (SSSR count). The summed E-state index contributed by atoms with van der Waals surface area (Å²) in [6, 6.07) is 3.62. The zero-order valence-corrected chi connectivity index (χ0v) is 22.5. The van der Waals surface area contributed by atoms with Crippen LogP contribution >= 0.6 is 11.3 Å². The van der Waals surface area contributed by atoms with Crippen LogP contribution < -0.4 is 15.2 Å². The van der Waals surface area contributed by atoms with Crippen LogP contribution in [0.25, 0.3) is 0 Å². The average molecular weight is 532 g/mol. The smallest absolute Gasteiger partial charge is 0.306 e. The Bertz CT molecular complexity index is 1320. The maximum absolute atomic E-state index is 13.2. The van der Waals surface area contributed by atoms with Crippen LogP contribution in [0.15, 0.2) is 18.3 Å². The van der Waals surface area contributed by atoms with Gasteiger partial charge in [0.2, 0.25) is 5.91 Å². The summed E-state index contributed by atoms with van der Waals surface area (Å²) >= 11 is 1.46. The highest BCUT2D eigenvalue weighted by atomic mass is 32.2. The fraction of sp³-hybridized carbons (Fsp3) is 0.577. The number of anilines is 2. The molecule has 10 heteroatoms. The monoisotopic (exact) mass is 531 g/mol. The number of amides is 1. The van der Waals surface area contributed by atoms with Crippen molar-refractivity contribution in [3.63, 3.8) is 0 Å².